The summed E-state index contributed by atoms with van der Waals surface area (Å²) in [7, 11) is 0. The summed E-state index contributed by atoms with van der Waals surface area (Å²) in [4.78, 5) is 29.6. The maximum Gasteiger partial charge on any atom is 0.343 e. The minimum absolute atomic E-state index is 0.123. The molecular formula is C23H17NO4. The van der Waals surface area contributed by atoms with E-state index in [-0.39, 0.29) is 16.9 Å². The molecule has 0 aliphatic carbocycles. The summed E-state index contributed by atoms with van der Waals surface area (Å²) in [6, 6.07) is 15.8. The number of ether oxygens (including phenoxy) is 1. The van der Waals surface area contributed by atoms with Crippen molar-refractivity contribution in [1.82, 2.24) is 4.98 Å². The fourth-order valence-electron chi connectivity index (χ4n) is 2.91. The highest BCUT2D eigenvalue weighted by atomic mass is 16.5. The first-order valence-corrected chi connectivity index (χ1v) is 8.79. The molecule has 0 aliphatic rings. The van der Waals surface area contributed by atoms with Crippen LogP contribution in [0.15, 0.2) is 76.2 Å². The third-order valence-electron chi connectivity index (χ3n) is 4.43. The van der Waals surface area contributed by atoms with E-state index in [4.69, 9.17) is 9.15 Å². The molecule has 5 heteroatoms. The molecule has 0 saturated heterocycles. The summed E-state index contributed by atoms with van der Waals surface area (Å²) in [6.45, 7) is 3.89. The zero-order valence-electron chi connectivity index (χ0n) is 15.4. The molecule has 5 nitrogen and oxygen atoms in total. The van der Waals surface area contributed by atoms with Gasteiger partial charge in [-0.05, 0) is 43.7 Å². The van der Waals surface area contributed by atoms with Crippen molar-refractivity contribution in [3.05, 3.63) is 93.9 Å². The van der Waals surface area contributed by atoms with Crippen molar-refractivity contribution in [3.63, 3.8) is 0 Å². The van der Waals surface area contributed by atoms with Gasteiger partial charge in [-0.3, -0.25) is 9.78 Å². The number of carbonyl (C=O) groups excluding carboxylic acids is 1. The fraction of sp³-hybridized carbons (Fsp3) is 0.0870. The van der Waals surface area contributed by atoms with Crippen molar-refractivity contribution in [2.45, 2.75) is 13.8 Å². The maximum absolute atomic E-state index is 13.1. The van der Waals surface area contributed by atoms with Gasteiger partial charge in [0, 0.05) is 18.0 Å². The molecule has 0 unspecified atom stereocenters. The molecule has 0 aliphatic heterocycles. The van der Waals surface area contributed by atoms with Crippen LogP contribution in [0.1, 0.15) is 21.5 Å². The van der Waals surface area contributed by atoms with E-state index in [1.807, 2.05) is 44.2 Å². The average molecular weight is 371 g/mol. The van der Waals surface area contributed by atoms with Crippen molar-refractivity contribution < 1.29 is 13.9 Å². The number of rotatable bonds is 3. The zero-order valence-corrected chi connectivity index (χ0v) is 15.4. The van der Waals surface area contributed by atoms with Crippen LogP contribution >= 0.6 is 0 Å². The number of benzene rings is 2. The summed E-state index contributed by atoms with van der Waals surface area (Å²) in [6.07, 6.45) is 2.98. The van der Waals surface area contributed by atoms with Crippen molar-refractivity contribution in [3.8, 4) is 17.1 Å². The molecule has 28 heavy (non-hydrogen) atoms. The van der Waals surface area contributed by atoms with Gasteiger partial charge in [0.15, 0.2) is 5.76 Å². The monoisotopic (exact) mass is 371 g/mol. The van der Waals surface area contributed by atoms with Crippen molar-refractivity contribution in [2.24, 2.45) is 0 Å². The number of aromatic nitrogens is 1. The van der Waals surface area contributed by atoms with Gasteiger partial charge in [0.25, 0.3) is 0 Å². The van der Waals surface area contributed by atoms with E-state index in [1.54, 1.807) is 12.1 Å². The second kappa shape index (κ2) is 7.12. The molecule has 2 heterocycles. The Morgan fingerprint density at radius 3 is 2.32 bits per heavy atom. The van der Waals surface area contributed by atoms with Gasteiger partial charge in [-0.2, -0.15) is 0 Å². The van der Waals surface area contributed by atoms with Crippen LogP contribution in [0.2, 0.25) is 0 Å². The van der Waals surface area contributed by atoms with Crippen LogP contribution in [-0.2, 0) is 0 Å². The molecule has 4 rings (SSSR count). The van der Waals surface area contributed by atoms with Gasteiger partial charge < -0.3 is 9.15 Å². The van der Waals surface area contributed by atoms with Crippen LogP contribution in [0.4, 0.5) is 0 Å². The highest BCUT2D eigenvalue weighted by Gasteiger charge is 2.21. The molecule has 0 spiro atoms. The summed E-state index contributed by atoms with van der Waals surface area (Å²) in [5.41, 5.74) is 3.05. The topological polar surface area (TPSA) is 69.4 Å². The molecule has 2 aromatic heterocycles. The summed E-state index contributed by atoms with van der Waals surface area (Å²) >= 11 is 0. The lowest BCUT2D eigenvalue weighted by molar-refractivity contribution is 0.0731. The minimum atomic E-state index is -0.644. The van der Waals surface area contributed by atoms with E-state index in [9.17, 15) is 9.59 Å². The number of pyridine rings is 1. The Kier molecular flexibility index (Phi) is 4.49. The summed E-state index contributed by atoms with van der Waals surface area (Å²) in [5, 5.41) is 0.360. The fourth-order valence-corrected chi connectivity index (χ4v) is 2.91. The average Bonchev–Trinajstić information content (AvgIpc) is 2.71. The van der Waals surface area contributed by atoms with E-state index >= 15 is 0 Å². The number of hydrogen-bond acceptors (Lipinski definition) is 5. The minimum Gasteiger partial charge on any atom is -0.452 e. The Morgan fingerprint density at radius 2 is 1.61 bits per heavy atom. The summed E-state index contributed by atoms with van der Waals surface area (Å²) < 4.78 is 11.5. The molecule has 138 valence electrons. The lowest BCUT2D eigenvalue weighted by Gasteiger charge is -2.11. The van der Waals surface area contributed by atoms with Gasteiger partial charge >= 0.3 is 5.97 Å². The smallest absolute Gasteiger partial charge is 0.343 e. The first-order chi connectivity index (χ1) is 13.5. The summed E-state index contributed by atoms with van der Waals surface area (Å²) in [5.74, 6) is -0.540. The number of aryl methyl sites for hydroxylation is 2. The standard InChI is InChI=1S/C23H17NO4/c1-14-3-6-16(7-4-14)21-22(28-23(26)17-9-11-24-12-10-17)20(25)18-8-5-15(2)13-19(18)27-21/h3-13H,1-2H3. The van der Waals surface area contributed by atoms with Gasteiger partial charge in [0.1, 0.15) is 5.58 Å². The Hall–Kier alpha value is -3.73. The largest absolute Gasteiger partial charge is 0.452 e. The molecule has 0 bridgehead atoms. The van der Waals surface area contributed by atoms with Gasteiger partial charge in [-0.1, -0.05) is 35.9 Å². The number of fused-ring (bicyclic) bond motifs is 1. The maximum atomic E-state index is 13.1. The Balaban J connectivity index is 1.92. The molecule has 2 aromatic carbocycles. The number of hydrogen-bond donors (Lipinski definition) is 0. The predicted octanol–water partition coefficient (Wildman–Crippen LogP) is 4.69. The number of esters is 1. The molecule has 4 aromatic rings. The molecule has 0 N–H and O–H groups in total. The van der Waals surface area contributed by atoms with E-state index in [0.717, 1.165) is 11.1 Å². The molecule has 0 atom stereocenters. The highest BCUT2D eigenvalue weighted by molar-refractivity contribution is 5.92. The van der Waals surface area contributed by atoms with Gasteiger partial charge in [-0.15, -0.1) is 0 Å². The van der Waals surface area contributed by atoms with Crippen LogP contribution in [0.3, 0.4) is 0 Å². The Bertz CT molecular complexity index is 1230. The molecular weight excluding hydrogens is 354 g/mol. The lowest BCUT2D eigenvalue weighted by atomic mass is 10.1. The lowest BCUT2D eigenvalue weighted by Crippen LogP contribution is -2.16. The van der Waals surface area contributed by atoms with E-state index in [1.165, 1.54) is 24.5 Å². The van der Waals surface area contributed by atoms with E-state index < -0.39 is 5.97 Å². The molecule has 0 fully saturated rings. The number of nitrogens with zero attached hydrogens (tertiary/aromatic N) is 1. The van der Waals surface area contributed by atoms with Crippen LogP contribution in [0.5, 0.6) is 5.75 Å². The van der Waals surface area contributed by atoms with Gasteiger partial charge in [0.05, 0.1) is 10.9 Å². The van der Waals surface area contributed by atoms with Gasteiger partial charge in [0.2, 0.25) is 11.2 Å². The first kappa shape index (κ1) is 17.7. The quantitative estimate of drug-likeness (QED) is 0.489. The third kappa shape index (κ3) is 3.30. The molecule has 0 radical (unpaired) electrons. The van der Waals surface area contributed by atoms with Crippen molar-refractivity contribution in [2.75, 3.05) is 0 Å². The van der Waals surface area contributed by atoms with Crippen molar-refractivity contribution >= 4 is 16.9 Å². The predicted molar refractivity (Wildman–Crippen MR) is 107 cm³/mol. The Morgan fingerprint density at radius 1 is 0.929 bits per heavy atom. The van der Waals surface area contributed by atoms with E-state index in [2.05, 4.69) is 4.98 Å². The van der Waals surface area contributed by atoms with Crippen molar-refractivity contribution in [1.29, 1.82) is 0 Å². The van der Waals surface area contributed by atoms with Crippen LogP contribution in [0, 0.1) is 13.8 Å². The van der Waals surface area contributed by atoms with Gasteiger partial charge in [-0.25, -0.2) is 4.79 Å². The first-order valence-electron chi connectivity index (χ1n) is 8.79. The normalized spacial score (nSPS) is 10.8. The van der Waals surface area contributed by atoms with Crippen LogP contribution < -0.4 is 10.2 Å². The van der Waals surface area contributed by atoms with Crippen LogP contribution in [-0.4, -0.2) is 11.0 Å². The Labute approximate surface area is 161 Å². The number of carbonyl (C=O) groups is 1. The second-order valence-electron chi connectivity index (χ2n) is 6.58. The molecule has 0 amide bonds. The van der Waals surface area contributed by atoms with Crippen LogP contribution in [0.25, 0.3) is 22.3 Å². The zero-order chi connectivity index (χ0) is 19.7. The second-order valence-corrected chi connectivity index (χ2v) is 6.58. The SMILES string of the molecule is Cc1ccc(-c2oc3cc(C)ccc3c(=O)c2OC(=O)c2ccncc2)cc1. The molecule has 0 saturated carbocycles. The third-order valence-corrected chi connectivity index (χ3v) is 4.43. The van der Waals surface area contributed by atoms with E-state index in [0.29, 0.717) is 22.1 Å². The highest BCUT2D eigenvalue weighted by Crippen LogP contribution is 2.31.